The number of benzene rings is 2. The van der Waals surface area contributed by atoms with Crippen LogP contribution in [0.2, 0.25) is 0 Å². The Labute approximate surface area is 199 Å². The molecule has 0 aliphatic carbocycles. The van der Waals surface area contributed by atoms with Crippen molar-refractivity contribution in [2.24, 2.45) is 5.92 Å². The van der Waals surface area contributed by atoms with E-state index in [1.165, 1.54) is 9.49 Å². The first-order valence-corrected chi connectivity index (χ1v) is 11.8. The number of amides is 2. The first-order chi connectivity index (χ1) is 15.5. The first-order valence-electron chi connectivity index (χ1n) is 11.0. The first kappa shape index (κ1) is 23.8. The number of nitriles is 2. The molecule has 1 fully saturated rings. The van der Waals surface area contributed by atoms with E-state index >= 15 is 0 Å². The summed E-state index contributed by atoms with van der Waals surface area (Å²) >= 11 is 3.28. The number of nitrogens with zero attached hydrogens (tertiary/aromatic N) is 4. The van der Waals surface area contributed by atoms with E-state index < -0.39 is 0 Å². The van der Waals surface area contributed by atoms with Crippen LogP contribution in [0.1, 0.15) is 30.4 Å². The van der Waals surface area contributed by atoms with Crippen LogP contribution in [0.5, 0.6) is 0 Å². The zero-order valence-corrected chi connectivity index (χ0v) is 19.8. The number of quaternary nitrogens is 1. The molecule has 1 aliphatic rings. The van der Waals surface area contributed by atoms with E-state index in [0.717, 1.165) is 49.8 Å². The number of hydrogen-bond acceptors (Lipinski definition) is 3. The van der Waals surface area contributed by atoms with Crippen molar-refractivity contribution >= 4 is 27.9 Å². The Morgan fingerprint density at radius 2 is 1.88 bits per heavy atom. The van der Waals surface area contributed by atoms with E-state index in [1.807, 2.05) is 0 Å². The molecule has 0 unspecified atom stereocenters. The van der Waals surface area contributed by atoms with Gasteiger partial charge in [0.1, 0.15) is 6.07 Å². The molecular formula is C25H29BrN5O+. The van der Waals surface area contributed by atoms with Gasteiger partial charge >= 0.3 is 6.03 Å². The summed E-state index contributed by atoms with van der Waals surface area (Å²) < 4.78 is 2.16. The third-order valence-corrected chi connectivity index (χ3v) is 6.99. The van der Waals surface area contributed by atoms with Crippen LogP contribution in [0.25, 0.3) is 0 Å². The second-order valence-corrected chi connectivity index (χ2v) is 9.20. The summed E-state index contributed by atoms with van der Waals surface area (Å²) in [6, 6.07) is 21.7. The number of halogens is 1. The molecule has 0 aromatic heterocycles. The topological polar surface area (TPSA) is 79.9 Å². The molecule has 2 aromatic rings. The van der Waals surface area contributed by atoms with Crippen LogP contribution in [0, 0.1) is 28.6 Å². The van der Waals surface area contributed by atoms with Crippen LogP contribution in [-0.4, -0.2) is 43.2 Å². The van der Waals surface area contributed by atoms with Gasteiger partial charge in [0.15, 0.2) is 6.54 Å². The molecular weight excluding hydrogens is 466 g/mol. The summed E-state index contributed by atoms with van der Waals surface area (Å²) in [6.07, 6.45) is 4.19. The lowest BCUT2D eigenvalue weighted by molar-refractivity contribution is -0.927. The van der Waals surface area contributed by atoms with Crippen molar-refractivity contribution in [3.63, 3.8) is 0 Å². The van der Waals surface area contributed by atoms with Gasteiger partial charge in [-0.15, -0.1) is 0 Å². The van der Waals surface area contributed by atoms with E-state index in [-0.39, 0.29) is 6.03 Å². The van der Waals surface area contributed by atoms with Gasteiger partial charge < -0.3 is 9.80 Å². The van der Waals surface area contributed by atoms with Crippen molar-refractivity contribution in [3.8, 4) is 12.1 Å². The number of carbonyl (C=O) groups is 1. The number of urea groups is 1. The highest BCUT2D eigenvalue weighted by Gasteiger charge is 2.33. The molecule has 1 N–H and O–H groups in total. The zero-order valence-electron chi connectivity index (χ0n) is 18.2. The monoisotopic (exact) mass is 494 g/mol. The lowest BCUT2D eigenvalue weighted by Crippen LogP contribution is -2.54. The van der Waals surface area contributed by atoms with Crippen molar-refractivity contribution in [1.29, 1.82) is 10.5 Å². The van der Waals surface area contributed by atoms with E-state index in [9.17, 15) is 10.1 Å². The van der Waals surface area contributed by atoms with Crippen LogP contribution in [0.15, 0.2) is 54.6 Å². The SMILES string of the molecule is N#CC[N+]1(CCCNC(=O)N(Br)c2cccc(C#N)c2)CCC(Cc2ccccc2)CC1. The zero-order chi connectivity index (χ0) is 22.8. The summed E-state index contributed by atoms with van der Waals surface area (Å²) in [6.45, 7) is 3.99. The number of hydrogen-bond donors (Lipinski definition) is 1. The maximum Gasteiger partial charge on any atom is 0.332 e. The molecule has 0 spiro atoms. The van der Waals surface area contributed by atoms with E-state index in [4.69, 9.17) is 5.26 Å². The van der Waals surface area contributed by atoms with Gasteiger partial charge in [-0.25, -0.2) is 8.72 Å². The minimum atomic E-state index is -0.270. The van der Waals surface area contributed by atoms with Crippen LogP contribution < -0.4 is 9.24 Å². The van der Waals surface area contributed by atoms with Gasteiger partial charge in [0.2, 0.25) is 0 Å². The van der Waals surface area contributed by atoms with Gasteiger partial charge in [-0.05, 0) is 48.9 Å². The largest absolute Gasteiger partial charge is 0.337 e. The van der Waals surface area contributed by atoms with Gasteiger partial charge in [-0.2, -0.15) is 10.5 Å². The minimum Gasteiger partial charge on any atom is -0.337 e. The lowest BCUT2D eigenvalue weighted by Gasteiger charge is -2.42. The smallest absolute Gasteiger partial charge is 0.332 e. The molecule has 2 amide bonds. The van der Waals surface area contributed by atoms with Crippen molar-refractivity contribution in [1.82, 2.24) is 5.32 Å². The molecule has 32 heavy (non-hydrogen) atoms. The van der Waals surface area contributed by atoms with Gasteiger partial charge in [-0.3, -0.25) is 0 Å². The van der Waals surface area contributed by atoms with Crippen LogP contribution in [0.4, 0.5) is 10.5 Å². The second-order valence-electron chi connectivity index (χ2n) is 8.49. The van der Waals surface area contributed by atoms with Crippen molar-refractivity contribution in [2.45, 2.75) is 25.7 Å². The average molecular weight is 495 g/mol. The molecule has 3 rings (SSSR count). The maximum absolute atomic E-state index is 12.4. The predicted molar refractivity (Wildman–Crippen MR) is 129 cm³/mol. The van der Waals surface area contributed by atoms with Gasteiger partial charge in [0, 0.05) is 13.0 Å². The molecule has 166 valence electrons. The van der Waals surface area contributed by atoms with Gasteiger partial charge in [0.05, 0.1) is 53.1 Å². The summed E-state index contributed by atoms with van der Waals surface area (Å²) in [5.41, 5.74) is 2.49. The summed E-state index contributed by atoms with van der Waals surface area (Å²) in [5, 5.41) is 21.4. The van der Waals surface area contributed by atoms with Crippen molar-refractivity contribution in [2.75, 3.05) is 36.6 Å². The Morgan fingerprint density at radius 3 is 2.56 bits per heavy atom. The molecule has 7 heteroatoms. The number of anilines is 1. The highest BCUT2D eigenvalue weighted by molar-refractivity contribution is 9.10. The third-order valence-electron chi connectivity index (χ3n) is 6.26. The predicted octanol–water partition coefficient (Wildman–Crippen LogP) is 4.77. The van der Waals surface area contributed by atoms with Crippen LogP contribution in [-0.2, 0) is 6.42 Å². The number of nitrogens with one attached hydrogen (secondary N) is 1. The Kier molecular flexibility index (Phi) is 8.67. The Hall–Kier alpha value is -2.87. The molecule has 0 bridgehead atoms. The molecule has 6 nitrogen and oxygen atoms in total. The molecule has 1 heterocycles. The molecule has 1 aliphatic heterocycles. The molecule has 0 radical (unpaired) electrons. The lowest BCUT2D eigenvalue weighted by atomic mass is 9.88. The Bertz CT molecular complexity index is 974. The molecule has 2 aromatic carbocycles. The highest BCUT2D eigenvalue weighted by atomic mass is 79.9. The standard InChI is InChI=1S/C25H28BrN5O/c26-30(24-9-4-8-23(19-24)20-28)25(32)29-13-5-14-31(17-12-27)15-10-22(11-16-31)18-21-6-2-1-3-7-21/h1-4,6-9,19,22H,5,10-11,13-18H2/p+1. The number of likely N-dealkylation sites (tertiary alicyclic amines) is 1. The number of piperidine rings is 1. The average Bonchev–Trinajstić information content (AvgIpc) is 2.83. The normalized spacial score (nSPS) is 20.0. The Morgan fingerprint density at radius 1 is 1.12 bits per heavy atom. The second kappa shape index (κ2) is 11.7. The fourth-order valence-electron chi connectivity index (χ4n) is 4.43. The van der Waals surface area contributed by atoms with Crippen molar-refractivity contribution < 1.29 is 9.28 Å². The maximum atomic E-state index is 12.4. The Balaban J connectivity index is 1.45. The minimum absolute atomic E-state index is 0.270. The fourth-order valence-corrected chi connectivity index (χ4v) is 4.77. The van der Waals surface area contributed by atoms with Crippen molar-refractivity contribution in [3.05, 3.63) is 65.7 Å². The van der Waals surface area contributed by atoms with Gasteiger partial charge in [-0.1, -0.05) is 36.4 Å². The molecule has 0 atom stereocenters. The van der Waals surface area contributed by atoms with Gasteiger partial charge in [0.25, 0.3) is 0 Å². The quantitative estimate of drug-likeness (QED) is 0.248. The summed E-state index contributed by atoms with van der Waals surface area (Å²) in [4.78, 5) is 12.4. The summed E-state index contributed by atoms with van der Waals surface area (Å²) in [7, 11) is 0. The van der Waals surface area contributed by atoms with Crippen LogP contribution >= 0.6 is 16.1 Å². The fraction of sp³-hybridized carbons (Fsp3) is 0.400. The number of carbonyl (C=O) groups excluding carboxylic acids is 1. The van der Waals surface area contributed by atoms with E-state index in [0.29, 0.717) is 30.3 Å². The third kappa shape index (κ3) is 6.56. The highest BCUT2D eigenvalue weighted by Crippen LogP contribution is 2.27. The number of rotatable bonds is 8. The van der Waals surface area contributed by atoms with Crippen LogP contribution in [0.3, 0.4) is 0 Å². The molecule has 0 saturated carbocycles. The summed E-state index contributed by atoms with van der Waals surface area (Å²) in [5.74, 6) is 0.674. The molecule has 1 saturated heterocycles. The van der Waals surface area contributed by atoms with E-state index in [2.05, 4.69) is 63.9 Å². The van der Waals surface area contributed by atoms with E-state index in [1.54, 1.807) is 24.3 Å².